The fourth-order valence-corrected chi connectivity index (χ4v) is 3.38. The molecule has 0 N–H and O–H groups in total. The van der Waals surface area contributed by atoms with E-state index in [2.05, 4.69) is 0 Å². The topological polar surface area (TPSA) is 40.6 Å². The molecule has 2 aliphatic rings. The molecule has 0 saturated carbocycles. The van der Waals surface area contributed by atoms with Gasteiger partial charge in [0, 0.05) is 11.6 Å². The number of amides is 2. The Morgan fingerprint density at radius 1 is 1.33 bits per heavy atom. The Bertz CT molecular complexity index is 607. The highest BCUT2D eigenvalue weighted by atomic mass is 35.5. The highest BCUT2D eigenvalue weighted by molar-refractivity contribution is 6.30. The van der Waals surface area contributed by atoms with Crippen molar-refractivity contribution in [1.82, 2.24) is 4.90 Å². The quantitative estimate of drug-likeness (QED) is 0.842. The third kappa shape index (κ3) is 2.20. The number of carbonyl (C=O) groups is 2. The number of hydrogen-bond acceptors (Lipinski definition) is 2. The zero-order chi connectivity index (χ0) is 15.1. The molecule has 2 unspecified atom stereocenters. The van der Waals surface area contributed by atoms with Crippen LogP contribution in [0.15, 0.2) is 18.2 Å². The van der Waals surface area contributed by atoms with Crippen molar-refractivity contribution >= 4 is 29.1 Å². The molecule has 0 radical (unpaired) electrons. The molecule has 1 aromatic rings. The van der Waals surface area contributed by atoms with Crippen LogP contribution in [0.4, 0.5) is 10.1 Å². The molecular weight excluding hydrogens is 295 g/mol. The van der Waals surface area contributed by atoms with E-state index in [1.807, 2.05) is 6.92 Å². The Labute approximate surface area is 127 Å². The fraction of sp³-hybridized carbons (Fsp3) is 0.467. The molecule has 2 heterocycles. The standard InChI is InChI=1S/C15H16ClFN2O2/c1-2-11-14(20)18-7-3-4-13(18)15(21)19(11)12-6-5-9(16)8-10(12)17/h5-6,8,11,13H,2-4,7H2,1H3. The first-order valence-electron chi connectivity index (χ1n) is 7.13. The molecule has 0 bridgehead atoms. The molecule has 1 aromatic carbocycles. The lowest BCUT2D eigenvalue weighted by molar-refractivity contribution is -0.144. The summed E-state index contributed by atoms with van der Waals surface area (Å²) in [5.41, 5.74) is 0.135. The van der Waals surface area contributed by atoms with Crippen LogP contribution < -0.4 is 4.90 Å². The lowest BCUT2D eigenvalue weighted by Gasteiger charge is -2.42. The first-order valence-corrected chi connectivity index (χ1v) is 7.51. The summed E-state index contributed by atoms with van der Waals surface area (Å²) in [4.78, 5) is 28.2. The van der Waals surface area contributed by atoms with Crippen LogP contribution in [-0.2, 0) is 9.59 Å². The van der Waals surface area contributed by atoms with Gasteiger partial charge in [-0.2, -0.15) is 0 Å². The highest BCUT2D eigenvalue weighted by Crippen LogP contribution is 2.33. The highest BCUT2D eigenvalue weighted by Gasteiger charge is 2.48. The molecule has 2 atom stereocenters. The molecule has 0 spiro atoms. The van der Waals surface area contributed by atoms with Crippen LogP contribution in [0.1, 0.15) is 26.2 Å². The van der Waals surface area contributed by atoms with Crippen molar-refractivity contribution in [3.63, 3.8) is 0 Å². The second kappa shape index (κ2) is 5.30. The summed E-state index contributed by atoms with van der Waals surface area (Å²) < 4.78 is 14.2. The van der Waals surface area contributed by atoms with Gasteiger partial charge in [-0.1, -0.05) is 18.5 Å². The molecular formula is C15H16ClFN2O2. The zero-order valence-electron chi connectivity index (χ0n) is 11.7. The summed E-state index contributed by atoms with van der Waals surface area (Å²) in [6.07, 6.45) is 1.91. The first kappa shape index (κ1) is 14.3. The zero-order valence-corrected chi connectivity index (χ0v) is 12.4. The molecule has 0 aromatic heterocycles. The van der Waals surface area contributed by atoms with Crippen LogP contribution in [0.5, 0.6) is 0 Å². The number of anilines is 1. The van der Waals surface area contributed by atoms with Gasteiger partial charge in [-0.05, 0) is 37.5 Å². The third-order valence-electron chi connectivity index (χ3n) is 4.21. The van der Waals surface area contributed by atoms with Gasteiger partial charge in [-0.3, -0.25) is 14.5 Å². The van der Waals surface area contributed by atoms with E-state index in [1.54, 1.807) is 4.90 Å². The van der Waals surface area contributed by atoms with Gasteiger partial charge in [0.15, 0.2) is 0 Å². The van der Waals surface area contributed by atoms with Gasteiger partial charge in [0.2, 0.25) is 5.91 Å². The molecule has 2 saturated heterocycles. The predicted molar refractivity (Wildman–Crippen MR) is 77.7 cm³/mol. The summed E-state index contributed by atoms with van der Waals surface area (Å²) in [5.74, 6) is -0.859. The summed E-state index contributed by atoms with van der Waals surface area (Å²) >= 11 is 5.76. The van der Waals surface area contributed by atoms with Gasteiger partial charge in [0.05, 0.1) is 5.69 Å². The average Bonchev–Trinajstić information content (AvgIpc) is 2.93. The first-order chi connectivity index (χ1) is 10.0. The maximum atomic E-state index is 14.2. The third-order valence-corrected chi connectivity index (χ3v) is 4.45. The molecule has 2 fully saturated rings. The van der Waals surface area contributed by atoms with Crippen LogP contribution >= 0.6 is 11.6 Å². The Hall–Kier alpha value is -1.62. The van der Waals surface area contributed by atoms with Crippen molar-refractivity contribution in [3.05, 3.63) is 29.0 Å². The van der Waals surface area contributed by atoms with Crippen molar-refractivity contribution in [2.45, 2.75) is 38.3 Å². The van der Waals surface area contributed by atoms with E-state index in [4.69, 9.17) is 11.6 Å². The number of nitrogens with zero attached hydrogens (tertiary/aromatic N) is 2. The second-order valence-electron chi connectivity index (χ2n) is 5.42. The van der Waals surface area contributed by atoms with Crippen molar-refractivity contribution < 1.29 is 14.0 Å². The van der Waals surface area contributed by atoms with Gasteiger partial charge in [-0.15, -0.1) is 0 Å². The van der Waals surface area contributed by atoms with E-state index in [9.17, 15) is 14.0 Å². The molecule has 3 rings (SSSR count). The lowest BCUT2D eigenvalue weighted by atomic mass is 10.0. The normalized spacial score (nSPS) is 25.5. The Morgan fingerprint density at radius 2 is 2.10 bits per heavy atom. The van der Waals surface area contributed by atoms with E-state index in [-0.39, 0.29) is 22.5 Å². The van der Waals surface area contributed by atoms with Gasteiger partial charge in [-0.25, -0.2) is 4.39 Å². The Morgan fingerprint density at radius 3 is 2.76 bits per heavy atom. The number of rotatable bonds is 2. The molecule has 2 amide bonds. The molecule has 6 heteroatoms. The molecule has 0 aliphatic carbocycles. The number of benzene rings is 1. The van der Waals surface area contributed by atoms with E-state index in [0.717, 1.165) is 6.42 Å². The molecule has 4 nitrogen and oxygen atoms in total. The van der Waals surface area contributed by atoms with Crippen molar-refractivity contribution in [1.29, 1.82) is 0 Å². The van der Waals surface area contributed by atoms with Gasteiger partial charge in [0.25, 0.3) is 5.91 Å². The summed E-state index contributed by atoms with van der Waals surface area (Å²) in [6.45, 7) is 2.44. The van der Waals surface area contributed by atoms with Gasteiger partial charge >= 0.3 is 0 Å². The minimum atomic E-state index is -0.637. The van der Waals surface area contributed by atoms with Crippen LogP contribution in [0.3, 0.4) is 0 Å². The van der Waals surface area contributed by atoms with E-state index >= 15 is 0 Å². The van der Waals surface area contributed by atoms with Gasteiger partial charge < -0.3 is 4.90 Å². The monoisotopic (exact) mass is 310 g/mol. The fourth-order valence-electron chi connectivity index (χ4n) is 3.22. The summed E-state index contributed by atoms with van der Waals surface area (Å²) in [6, 6.07) is 3.09. The van der Waals surface area contributed by atoms with E-state index in [1.165, 1.54) is 23.1 Å². The van der Waals surface area contributed by atoms with Crippen molar-refractivity contribution in [2.24, 2.45) is 0 Å². The molecule has 21 heavy (non-hydrogen) atoms. The number of halogens is 2. The summed E-state index contributed by atoms with van der Waals surface area (Å²) in [5, 5.41) is 0.266. The van der Waals surface area contributed by atoms with Crippen LogP contribution in [0.25, 0.3) is 0 Å². The second-order valence-corrected chi connectivity index (χ2v) is 5.85. The van der Waals surface area contributed by atoms with Crippen molar-refractivity contribution in [2.75, 3.05) is 11.4 Å². The summed E-state index contributed by atoms with van der Waals surface area (Å²) in [7, 11) is 0. The smallest absolute Gasteiger partial charge is 0.250 e. The average molecular weight is 311 g/mol. The maximum Gasteiger partial charge on any atom is 0.250 e. The minimum Gasteiger partial charge on any atom is -0.329 e. The molecule has 112 valence electrons. The Balaban J connectivity index is 2.05. The minimum absolute atomic E-state index is 0.0889. The number of hydrogen-bond donors (Lipinski definition) is 0. The SMILES string of the molecule is CCC1C(=O)N2CCCC2C(=O)N1c1ccc(Cl)cc1F. The van der Waals surface area contributed by atoms with Crippen LogP contribution in [-0.4, -0.2) is 35.3 Å². The Kier molecular flexibility index (Phi) is 3.61. The molecule has 2 aliphatic heterocycles. The van der Waals surface area contributed by atoms with Gasteiger partial charge in [0.1, 0.15) is 17.9 Å². The number of fused-ring (bicyclic) bond motifs is 1. The van der Waals surface area contributed by atoms with Crippen LogP contribution in [0, 0.1) is 5.82 Å². The van der Waals surface area contributed by atoms with Crippen LogP contribution in [0.2, 0.25) is 5.02 Å². The predicted octanol–water partition coefficient (Wildman–Crippen LogP) is 2.60. The van der Waals surface area contributed by atoms with Crippen molar-refractivity contribution in [3.8, 4) is 0 Å². The largest absolute Gasteiger partial charge is 0.329 e. The van der Waals surface area contributed by atoms with E-state index in [0.29, 0.717) is 19.4 Å². The van der Waals surface area contributed by atoms with E-state index < -0.39 is 17.9 Å². The number of carbonyl (C=O) groups excluding carboxylic acids is 2. The maximum absolute atomic E-state index is 14.2. The lowest BCUT2D eigenvalue weighted by Crippen LogP contribution is -2.63. The number of piperazine rings is 1.